The molecule has 0 saturated carbocycles. The maximum absolute atomic E-state index is 12.5. The fourth-order valence-corrected chi connectivity index (χ4v) is 2.93. The minimum absolute atomic E-state index is 0.406. The van der Waals surface area contributed by atoms with Crippen molar-refractivity contribution in [3.63, 3.8) is 0 Å². The van der Waals surface area contributed by atoms with E-state index in [1.165, 1.54) is 0 Å². The summed E-state index contributed by atoms with van der Waals surface area (Å²) in [6, 6.07) is 15.0. The molecule has 0 aliphatic heterocycles. The number of hydrogen-bond donors (Lipinski definition) is 0. The molecule has 4 nitrogen and oxygen atoms in total. The Labute approximate surface area is 131 Å². The van der Waals surface area contributed by atoms with Crippen molar-refractivity contribution in [2.24, 2.45) is 0 Å². The van der Waals surface area contributed by atoms with Crippen LogP contribution in [0, 0.1) is 6.92 Å². The number of aryl methyl sites for hydroxylation is 1. The summed E-state index contributed by atoms with van der Waals surface area (Å²) in [5.41, 5.74) is 0.938. The zero-order valence-electron chi connectivity index (χ0n) is 12.8. The lowest BCUT2D eigenvalue weighted by Crippen LogP contribution is -1.99. The molecule has 0 spiro atoms. The number of rotatable bonds is 2. The van der Waals surface area contributed by atoms with Crippen LogP contribution >= 0.6 is 0 Å². The molecule has 0 N–H and O–H groups in total. The Kier molecular flexibility index (Phi) is 2.98. The van der Waals surface area contributed by atoms with Crippen molar-refractivity contribution in [3.8, 4) is 17.1 Å². The van der Waals surface area contributed by atoms with Crippen molar-refractivity contribution >= 4 is 21.7 Å². The molecular formula is C19H14O4. The maximum atomic E-state index is 12.5. The van der Waals surface area contributed by atoms with Crippen molar-refractivity contribution < 1.29 is 13.6 Å². The van der Waals surface area contributed by atoms with E-state index in [0.717, 1.165) is 16.3 Å². The highest BCUT2D eigenvalue weighted by Gasteiger charge is 2.20. The number of furan rings is 1. The second-order valence-corrected chi connectivity index (χ2v) is 5.36. The first-order valence-corrected chi connectivity index (χ1v) is 7.28. The van der Waals surface area contributed by atoms with Crippen LogP contribution in [0.3, 0.4) is 0 Å². The van der Waals surface area contributed by atoms with Crippen LogP contribution in [0.1, 0.15) is 5.76 Å². The van der Waals surface area contributed by atoms with E-state index in [-0.39, 0.29) is 0 Å². The smallest absolute Gasteiger partial charge is 0.348 e. The summed E-state index contributed by atoms with van der Waals surface area (Å²) in [5.74, 6) is 1.89. The number of fused-ring (bicyclic) bond motifs is 3. The molecule has 4 aromatic rings. The Morgan fingerprint density at radius 1 is 0.957 bits per heavy atom. The maximum Gasteiger partial charge on any atom is 0.348 e. The van der Waals surface area contributed by atoms with Gasteiger partial charge >= 0.3 is 5.63 Å². The van der Waals surface area contributed by atoms with Gasteiger partial charge in [-0.15, -0.1) is 0 Å². The fourth-order valence-electron chi connectivity index (χ4n) is 2.93. The first-order chi connectivity index (χ1) is 11.2. The molecule has 2 aromatic heterocycles. The number of benzene rings is 2. The van der Waals surface area contributed by atoms with Gasteiger partial charge in [0.15, 0.2) is 0 Å². The van der Waals surface area contributed by atoms with Crippen LogP contribution in [0.25, 0.3) is 33.1 Å². The molecule has 2 heterocycles. The molecule has 23 heavy (non-hydrogen) atoms. The van der Waals surface area contributed by atoms with E-state index in [1.807, 2.05) is 49.4 Å². The molecule has 0 aliphatic rings. The Morgan fingerprint density at radius 3 is 2.48 bits per heavy atom. The van der Waals surface area contributed by atoms with Crippen LogP contribution in [0.2, 0.25) is 0 Å². The van der Waals surface area contributed by atoms with E-state index < -0.39 is 5.63 Å². The molecule has 0 amide bonds. The average molecular weight is 306 g/mol. The topological polar surface area (TPSA) is 52.6 Å². The fraction of sp³-hybridized carbons (Fsp3) is 0.105. The molecule has 0 bridgehead atoms. The van der Waals surface area contributed by atoms with Crippen LogP contribution in [0.4, 0.5) is 0 Å². The SMILES string of the molecule is COc1ccc2c(c1)oc(=O)c1c(-c3ccccc3)oc(C)c12. The number of hydrogen-bond acceptors (Lipinski definition) is 4. The van der Waals surface area contributed by atoms with Gasteiger partial charge in [-0.1, -0.05) is 30.3 Å². The van der Waals surface area contributed by atoms with Gasteiger partial charge in [-0.25, -0.2) is 4.79 Å². The zero-order chi connectivity index (χ0) is 16.0. The largest absolute Gasteiger partial charge is 0.497 e. The van der Waals surface area contributed by atoms with E-state index in [4.69, 9.17) is 13.6 Å². The first kappa shape index (κ1) is 13.6. The van der Waals surface area contributed by atoms with E-state index in [2.05, 4.69) is 0 Å². The summed E-state index contributed by atoms with van der Waals surface area (Å²) in [5, 5.41) is 2.10. The summed E-state index contributed by atoms with van der Waals surface area (Å²) in [7, 11) is 1.58. The second-order valence-electron chi connectivity index (χ2n) is 5.36. The van der Waals surface area contributed by atoms with Gasteiger partial charge < -0.3 is 13.6 Å². The quantitative estimate of drug-likeness (QED) is 0.511. The van der Waals surface area contributed by atoms with Crippen molar-refractivity contribution in [2.45, 2.75) is 6.92 Å². The molecule has 4 heteroatoms. The highest BCUT2D eigenvalue weighted by atomic mass is 16.5. The predicted molar refractivity (Wildman–Crippen MR) is 89.0 cm³/mol. The van der Waals surface area contributed by atoms with E-state index in [0.29, 0.717) is 28.2 Å². The number of ether oxygens (including phenoxy) is 1. The third-order valence-corrected chi connectivity index (χ3v) is 3.99. The summed E-state index contributed by atoms with van der Waals surface area (Å²) >= 11 is 0. The van der Waals surface area contributed by atoms with Crippen molar-refractivity contribution in [1.29, 1.82) is 0 Å². The van der Waals surface area contributed by atoms with Crippen molar-refractivity contribution in [2.75, 3.05) is 7.11 Å². The molecule has 2 aromatic carbocycles. The van der Waals surface area contributed by atoms with Gasteiger partial charge in [0.1, 0.15) is 28.2 Å². The van der Waals surface area contributed by atoms with E-state index in [1.54, 1.807) is 13.2 Å². The average Bonchev–Trinajstić information content (AvgIpc) is 2.94. The summed E-state index contributed by atoms with van der Waals surface area (Å²) in [6.45, 7) is 1.86. The van der Waals surface area contributed by atoms with Gasteiger partial charge in [-0.3, -0.25) is 0 Å². The minimum atomic E-state index is -0.406. The third kappa shape index (κ3) is 2.03. The molecule has 114 valence electrons. The molecular weight excluding hydrogens is 292 g/mol. The highest BCUT2D eigenvalue weighted by molar-refractivity contribution is 6.10. The molecule has 0 unspecified atom stereocenters. The van der Waals surface area contributed by atoms with Gasteiger partial charge in [0.2, 0.25) is 0 Å². The van der Waals surface area contributed by atoms with Crippen LogP contribution in [0.5, 0.6) is 5.75 Å². The lowest BCUT2D eigenvalue weighted by Gasteiger charge is -2.03. The molecule has 0 radical (unpaired) electrons. The van der Waals surface area contributed by atoms with Gasteiger partial charge in [0, 0.05) is 22.4 Å². The van der Waals surface area contributed by atoms with Gasteiger partial charge in [0.25, 0.3) is 0 Å². The first-order valence-electron chi connectivity index (χ1n) is 7.28. The van der Waals surface area contributed by atoms with Gasteiger partial charge in [0.05, 0.1) is 7.11 Å². The summed E-state index contributed by atoms with van der Waals surface area (Å²) < 4.78 is 16.6. The molecule has 4 rings (SSSR count). The second kappa shape index (κ2) is 5.02. The lowest BCUT2D eigenvalue weighted by molar-refractivity contribution is 0.414. The standard InChI is InChI=1S/C19H14O4/c1-11-16-14-9-8-13(21-2)10-15(14)23-19(20)17(16)18(22-11)12-6-4-3-5-7-12/h3-10H,1-2H3. The third-order valence-electron chi connectivity index (χ3n) is 3.99. The Morgan fingerprint density at radius 2 is 1.74 bits per heavy atom. The molecule has 0 aliphatic carbocycles. The van der Waals surface area contributed by atoms with Crippen LogP contribution in [0.15, 0.2) is 62.2 Å². The molecule has 0 saturated heterocycles. The Balaban J connectivity index is 2.14. The predicted octanol–water partition coefficient (Wildman–Crippen LogP) is 4.52. The summed E-state index contributed by atoms with van der Waals surface area (Å²) in [4.78, 5) is 12.5. The zero-order valence-corrected chi connectivity index (χ0v) is 12.8. The van der Waals surface area contributed by atoms with Crippen LogP contribution in [-0.2, 0) is 0 Å². The van der Waals surface area contributed by atoms with Crippen molar-refractivity contribution in [3.05, 3.63) is 64.7 Å². The Bertz CT molecular complexity index is 1070. The van der Waals surface area contributed by atoms with Crippen LogP contribution in [-0.4, -0.2) is 7.11 Å². The highest BCUT2D eigenvalue weighted by Crippen LogP contribution is 2.36. The van der Waals surface area contributed by atoms with Gasteiger partial charge in [-0.05, 0) is 19.1 Å². The monoisotopic (exact) mass is 306 g/mol. The molecule has 0 fully saturated rings. The normalized spacial score (nSPS) is 11.2. The van der Waals surface area contributed by atoms with E-state index in [9.17, 15) is 4.79 Å². The lowest BCUT2D eigenvalue weighted by atomic mass is 10.1. The van der Waals surface area contributed by atoms with Crippen LogP contribution < -0.4 is 10.4 Å². The summed E-state index contributed by atoms with van der Waals surface area (Å²) in [6.07, 6.45) is 0. The van der Waals surface area contributed by atoms with Crippen molar-refractivity contribution in [1.82, 2.24) is 0 Å². The Hall–Kier alpha value is -3.01. The van der Waals surface area contributed by atoms with Gasteiger partial charge in [-0.2, -0.15) is 0 Å². The van der Waals surface area contributed by atoms with E-state index >= 15 is 0 Å². The number of methoxy groups -OCH3 is 1. The minimum Gasteiger partial charge on any atom is -0.497 e. The molecule has 0 atom stereocenters.